The Morgan fingerprint density at radius 2 is 1.91 bits per heavy atom. The quantitative estimate of drug-likeness (QED) is 0.276. The lowest BCUT2D eigenvalue weighted by Crippen LogP contribution is -2.29. The Balaban J connectivity index is 1.63. The first-order valence-corrected chi connectivity index (χ1v) is 7.88. The van der Waals surface area contributed by atoms with Crippen molar-refractivity contribution in [2.75, 3.05) is 6.61 Å². The molecule has 1 aromatic carbocycles. The molecule has 120 valence electrons. The minimum absolute atomic E-state index is 0.398. The molecule has 2 atom stereocenters. The number of aldehydes is 1. The summed E-state index contributed by atoms with van der Waals surface area (Å²) in [7, 11) is -1.49. The van der Waals surface area contributed by atoms with E-state index in [1.54, 1.807) is 24.3 Å². The van der Waals surface area contributed by atoms with Crippen molar-refractivity contribution in [3.05, 3.63) is 24.3 Å². The Morgan fingerprint density at radius 3 is 2.50 bits per heavy atom. The van der Waals surface area contributed by atoms with Crippen molar-refractivity contribution in [1.82, 2.24) is 0 Å². The van der Waals surface area contributed by atoms with E-state index in [-0.39, 0.29) is 0 Å². The van der Waals surface area contributed by atoms with E-state index in [1.165, 1.54) is 6.42 Å². The van der Waals surface area contributed by atoms with Crippen LogP contribution in [0.4, 0.5) is 0 Å². The highest BCUT2D eigenvalue weighted by Crippen LogP contribution is 2.18. The summed E-state index contributed by atoms with van der Waals surface area (Å²) in [5.74, 6) is 0.562. The van der Waals surface area contributed by atoms with Gasteiger partial charge in [0.2, 0.25) is 0 Å². The van der Waals surface area contributed by atoms with Crippen LogP contribution < -0.4 is 10.2 Å². The highest BCUT2D eigenvalue weighted by Gasteiger charge is 2.21. The van der Waals surface area contributed by atoms with Crippen molar-refractivity contribution < 1.29 is 24.3 Å². The van der Waals surface area contributed by atoms with Gasteiger partial charge in [-0.15, -0.1) is 0 Å². The number of carbonyl (C=O) groups is 1. The fraction of sp³-hybridized carbons (Fsp3) is 0.562. The van der Waals surface area contributed by atoms with E-state index in [1.807, 2.05) is 0 Å². The summed E-state index contributed by atoms with van der Waals surface area (Å²) >= 11 is 0. The molecule has 0 saturated carbocycles. The summed E-state index contributed by atoms with van der Waals surface area (Å²) in [6.07, 6.45) is 7.13. The van der Waals surface area contributed by atoms with Crippen molar-refractivity contribution in [3.8, 4) is 5.75 Å². The second-order valence-electron chi connectivity index (χ2n) is 5.68. The molecule has 2 N–H and O–H groups in total. The van der Waals surface area contributed by atoms with Crippen LogP contribution in [0.15, 0.2) is 24.3 Å². The van der Waals surface area contributed by atoms with Crippen LogP contribution in [0, 0.1) is 0 Å². The molecule has 1 aromatic rings. The number of hydrogen-bond acceptors (Lipinski definition) is 5. The van der Waals surface area contributed by atoms with Gasteiger partial charge in [-0.1, -0.05) is 31.4 Å². The SMILES string of the molecule is O=CC(CCCCCCC1CO1)Oc1ccc(B(O)O)cc1. The van der Waals surface area contributed by atoms with Gasteiger partial charge in [-0.2, -0.15) is 0 Å². The molecule has 1 aliphatic rings. The van der Waals surface area contributed by atoms with Crippen LogP contribution in [0.5, 0.6) is 5.75 Å². The standard InChI is InChI=1S/C16H23BO5/c18-11-15(5-3-1-2-4-6-16-12-21-16)22-14-9-7-13(8-10-14)17(19)20/h7-11,15-16,19-20H,1-6,12H2. The zero-order valence-corrected chi connectivity index (χ0v) is 12.7. The molecule has 22 heavy (non-hydrogen) atoms. The normalized spacial score (nSPS) is 17.8. The van der Waals surface area contributed by atoms with Gasteiger partial charge in [0.1, 0.15) is 5.75 Å². The average molecular weight is 306 g/mol. The van der Waals surface area contributed by atoms with Gasteiger partial charge in [-0.05, 0) is 36.9 Å². The number of ether oxygens (including phenoxy) is 2. The molecular formula is C16H23BO5. The maximum absolute atomic E-state index is 11.1. The van der Waals surface area contributed by atoms with Gasteiger partial charge in [0.05, 0.1) is 12.7 Å². The van der Waals surface area contributed by atoms with E-state index < -0.39 is 13.2 Å². The molecule has 0 aromatic heterocycles. The average Bonchev–Trinajstić information content (AvgIpc) is 3.34. The molecule has 0 radical (unpaired) electrons. The largest absolute Gasteiger partial charge is 0.488 e. The highest BCUT2D eigenvalue weighted by molar-refractivity contribution is 6.58. The first-order chi connectivity index (χ1) is 10.7. The van der Waals surface area contributed by atoms with Gasteiger partial charge in [-0.25, -0.2) is 0 Å². The van der Waals surface area contributed by atoms with Crippen molar-refractivity contribution in [3.63, 3.8) is 0 Å². The third kappa shape index (κ3) is 6.18. The number of rotatable bonds is 11. The molecule has 1 fully saturated rings. The second kappa shape index (κ2) is 8.93. The summed E-state index contributed by atoms with van der Waals surface area (Å²) in [6, 6.07) is 6.42. The zero-order valence-electron chi connectivity index (χ0n) is 12.7. The maximum atomic E-state index is 11.1. The summed E-state index contributed by atoms with van der Waals surface area (Å²) in [5, 5.41) is 18.0. The molecule has 0 spiro atoms. The van der Waals surface area contributed by atoms with Crippen LogP contribution in [-0.2, 0) is 9.53 Å². The van der Waals surface area contributed by atoms with Gasteiger partial charge in [-0.3, -0.25) is 4.79 Å². The topological polar surface area (TPSA) is 79.3 Å². The van der Waals surface area contributed by atoms with Gasteiger partial charge in [0.15, 0.2) is 12.4 Å². The predicted octanol–water partition coefficient (Wildman–Crippen LogP) is 1.05. The zero-order chi connectivity index (χ0) is 15.8. The van der Waals surface area contributed by atoms with E-state index in [4.69, 9.17) is 19.5 Å². The molecule has 1 heterocycles. The number of unbranched alkanes of at least 4 members (excludes halogenated alkanes) is 3. The molecule has 6 heteroatoms. The van der Waals surface area contributed by atoms with Crippen LogP contribution in [0.1, 0.15) is 38.5 Å². The number of epoxide rings is 1. The van der Waals surface area contributed by atoms with Crippen LogP contribution >= 0.6 is 0 Å². The number of hydrogen-bond donors (Lipinski definition) is 2. The van der Waals surface area contributed by atoms with Gasteiger partial charge < -0.3 is 19.5 Å². The van der Waals surface area contributed by atoms with Crippen LogP contribution in [0.3, 0.4) is 0 Å². The fourth-order valence-electron chi connectivity index (χ4n) is 2.35. The van der Waals surface area contributed by atoms with E-state index in [9.17, 15) is 4.79 Å². The van der Waals surface area contributed by atoms with Crippen LogP contribution in [0.2, 0.25) is 0 Å². The lowest BCUT2D eigenvalue weighted by molar-refractivity contribution is -0.114. The molecule has 1 aliphatic heterocycles. The molecule has 0 amide bonds. The second-order valence-corrected chi connectivity index (χ2v) is 5.68. The lowest BCUT2D eigenvalue weighted by atomic mass is 9.80. The van der Waals surface area contributed by atoms with Gasteiger partial charge >= 0.3 is 7.12 Å². The molecule has 2 rings (SSSR count). The predicted molar refractivity (Wildman–Crippen MR) is 84.2 cm³/mol. The minimum Gasteiger partial charge on any atom is -0.483 e. The molecule has 5 nitrogen and oxygen atoms in total. The maximum Gasteiger partial charge on any atom is 0.488 e. The van der Waals surface area contributed by atoms with Crippen LogP contribution in [-0.4, -0.2) is 42.3 Å². The summed E-state index contributed by atoms with van der Waals surface area (Å²) in [5.41, 5.74) is 0.398. The summed E-state index contributed by atoms with van der Waals surface area (Å²) in [4.78, 5) is 11.1. The summed E-state index contributed by atoms with van der Waals surface area (Å²) in [6.45, 7) is 0.924. The Morgan fingerprint density at radius 1 is 1.23 bits per heavy atom. The smallest absolute Gasteiger partial charge is 0.483 e. The molecule has 1 saturated heterocycles. The van der Waals surface area contributed by atoms with Gasteiger partial charge in [0.25, 0.3) is 0 Å². The third-order valence-corrected chi connectivity index (χ3v) is 3.78. The monoisotopic (exact) mass is 306 g/mol. The summed E-state index contributed by atoms with van der Waals surface area (Å²) < 4.78 is 10.8. The van der Waals surface area contributed by atoms with Crippen molar-refractivity contribution in [2.24, 2.45) is 0 Å². The molecule has 0 aliphatic carbocycles. The van der Waals surface area contributed by atoms with Crippen LogP contribution in [0.25, 0.3) is 0 Å². The van der Waals surface area contributed by atoms with E-state index in [2.05, 4.69) is 0 Å². The molecular weight excluding hydrogens is 283 g/mol. The van der Waals surface area contributed by atoms with Crippen molar-refractivity contribution in [1.29, 1.82) is 0 Å². The number of carbonyl (C=O) groups excluding carboxylic acids is 1. The molecule has 2 unspecified atom stereocenters. The van der Waals surface area contributed by atoms with E-state index >= 15 is 0 Å². The first kappa shape index (κ1) is 17.0. The highest BCUT2D eigenvalue weighted by atomic mass is 16.6. The lowest BCUT2D eigenvalue weighted by Gasteiger charge is -2.13. The molecule has 0 bridgehead atoms. The Bertz CT molecular complexity index is 444. The fourth-order valence-corrected chi connectivity index (χ4v) is 2.35. The minimum atomic E-state index is -1.49. The number of benzene rings is 1. The first-order valence-electron chi connectivity index (χ1n) is 7.88. The van der Waals surface area contributed by atoms with Gasteiger partial charge in [0, 0.05) is 0 Å². The van der Waals surface area contributed by atoms with Crippen molar-refractivity contribution in [2.45, 2.75) is 50.7 Å². The third-order valence-electron chi connectivity index (χ3n) is 3.78. The Kier molecular flexibility index (Phi) is 6.90. The Labute approximate surface area is 131 Å². The van der Waals surface area contributed by atoms with Crippen molar-refractivity contribution >= 4 is 18.9 Å². The van der Waals surface area contributed by atoms with E-state index in [0.29, 0.717) is 23.7 Å². The van der Waals surface area contributed by atoms with E-state index in [0.717, 1.165) is 38.6 Å². The Hall–Kier alpha value is -1.37.